The Morgan fingerprint density at radius 3 is 1.70 bits per heavy atom. The van der Waals surface area contributed by atoms with Crippen LogP contribution in [0.1, 0.15) is 17.0 Å². The quantitative estimate of drug-likeness (QED) is 0.685. The minimum atomic E-state index is -0.424. The first-order valence-corrected chi connectivity index (χ1v) is 10.2. The monoisotopic (exact) mass is 401 g/mol. The molecule has 0 aromatic heterocycles. The molecule has 1 aliphatic heterocycles. The van der Waals surface area contributed by atoms with Crippen LogP contribution in [0.2, 0.25) is 0 Å². The van der Waals surface area contributed by atoms with Gasteiger partial charge in [-0.3, -0.25) is 4.79 Å². The second-order valence-electron chi connectivity index (χ2n) is 7.51. The summed E-state index contributed by atoms with van der Waals surface area (Å²) < 4.78 is 5.25. The van der Waals surface area contributed by atoms with Gasteiger partial charge in [-0.05, 0) is 47.5 Å². The number of ether oxygens (including phenoxy) is 1. The number of hydrogen-bond acceptors (Lipinski definition) is 4. The number of primary amides is 1. The molecule has 154 valence electrons. The molecule has 4 rings (SSSR count). The molecule has 1 atom stereocenters. The Labute approximate surface area is 177 Å². The highest BCUT2D eigenvalue weighted by atomic mass is 16.5. The van der Waals surface area contributed by atoms with Crippen molar-refractivity contribution in [2.45, 2.75) is 5.92 Å². The van der Waals surface area contributed by atoms with Crippen molar-refractivity contribution in [2.75, 3.05) is 43.1 Å². The van der Waals surface area contributed by atoms with Crippen LogP contribution in [-0.4, -0.2) is 39.2 Å². The van der Waals surface area contributed by atoms with Crippen LogP contribution >= 0.6 is 0 Å². The van der Waals surface area contributed by atoms with Gasteiger partial charge in [-0.1, -0.05) is 42.5 Å². The highest BCUT2D eigenvalue weighted by Gasteiger charge is 2.21. The molecule has 1 amide bonds. The summed E-state index contributed by atoms with van der Waals surface area (Å²) in [5, 5.41) is 0. The van der Waals surface area contributed by atoms with Crippen molar-refractivity contribution >= 4 is 17.3 Å². The number of methoxy groups -OCH3 is 1. The molecule has 1 aliphatic rings. The highest BCUT2D eigenvalue weighted by Crippen LogP contribution is 2.28. The van der Waals surface area contributed by atoms with Gasteiger partial charge in [0, 0.05) is 37.6 Å². The van der Waals surface area contributed by atoms with E-state index in [0.717, 1.165) is 43.1 Å². The van der Waals surface area contributed by atoms with Gasteiger partial charge in [-0.2, -0.15) is 0 Å². The molecule has 3 aromatic carbocycles. The standard InChI is InChI=1S/C25H27N3O2/c1-30-23-13-11-22(12-14-23)28-17-15-27(16-18-28)21-9-7-20(8-10-21)24(25(26)29)19-5-3-2-4-6-19/h2-14,24H,15-18H2,1H3,(H2,26,29). The van der Waals surface area contributed by atoms with Gasteiger partial charge in [0.05, 0.1) is 13.0 Å². The fourth-order valence-electron chi connectivity index (χ4n) is 4.06. The Hall–Kier alpha value is -3.47. The molecule has 1 saturated heterocycles. The fourth-order valence-corrected chi connectivity index (χ4v) is 4.06. The summed E-state index contributed by atoms with van der Waals surface area (Å²) in [7, 11) is 1.69. The van der Waals surface area contributed by atoms with Crippen molar-refractivity contribution in [1.29, 1.82) is 0 Å². The van der Waals surface area contributed by atoms with E-state index in [-0.39, 0.29) is 5.91 Å². The normalized spacial score (nSPS) is 15.0. The van der Waals surface area contributed by atoms with E-state index in [1.165, 1.54) is 11.4 Å². The summed E-state index contributed by atoms with van der Waals surface area (Å²) in [6, 6.07) is 26.2. The zero-order chi connectivity index (χ0) is 20.9. The number of carbonyl (C=O) groups excluding carboxylic acids is 1. The first-order chi connectivity index (χ1) is 14.7. The largest absolute Gasteiger partial charge is 0.497 e. The first-order valence-electron chi connectivity index (χ1n) is 10.2. The lowest BCUT2D eigenvalue weighted by molar-refractivity contribution is -0.118. The van der Waals surface area contributed by atoms with Crippen molar-refractivity contribution in [1.82, 2.24) is 0 Å². The minimum absolute atomic E-state index is 0.331. The maximum absolute atomic E-state index is 12.1. The molecule has 0 bridgehead atoms. The lowest BCUT2D eigenvalue weighted by Gasteiger charge is -2.37. The number of hydrogen-bond donors (Lipinski definition) is 1. The SMILES string of the molecule is COc1ccc(N2CCN(c3ccc(C(C(N)=O)c4ccccc4)cc3)CC2)cc1. The Kier molecular flexibility index (Phi) is 5.89. The summed E-state index contributed by atoms with van der Waals surface area (Å²) in [6.07, 6.45) is 0. The number of carbonyl (C=O) groups is 1. The van der Waals surface area contributed by atoms with Gasteiger partial charge >= 0.3 is 0 Å². The van der Waals surface area contributed by atoms with Gasteiger partial charge in [-0.25, -0.2) is 0 Å². The van der Waals surface area contributed by atoms with Crippen molar-refractivity contribution in [3.05, 3.63) is 90.0 Å². The number of amides is 1. The van der Waals surface area contributed by atoms with E-state index in [1.807, 2.05) is 54.6 Å². The topological polar surface area (TPSA) is 58.8 Å². The Balaban J connectivity index is 1.43. The predicted molar refractivity (Wildman–Crippen MR) is 121 cm³/mol. The second kappa shape index (κ2) is 8.91. The summed E-state index contributed by atoms with van der Waals surface area (Å²) >= 11 is 0. The van der Waals surface area contributed by atoms with Crippen LogP contribution in [0.15, 0.2) is 78.9 Å². The van der Waals surface area contributed by atoms with E-state index in [1.54, 1.807) is 7.11 Å². The molecular formula is C25H27N3O2. The maximum Gasteiger partial charge on any atom is 0.229 e. The van der Waals surface area contributed by atoms with Gasteiger partial charge in [0.25, 0.3) is 0 Å². The van der Waals surface area contributed by atoms with Crippen LogP contribution in [0.3, 0.4) is 0 Å². The zero-order valence-corrected chi connectivity index (χ0v) is 17.2. The smallest absolute Gasteiger partial charge is 0.229 e. The van der Waals surface area contributed by atoms with Crippen molar-refractivity contribution in [3.8, 4) is 5.75 Å². The number of nitrogens with zero attached hydrogens (tertiary/aromatic N) is 2. The van der Waals surface area contributed by atoms with Gasteiger partial charge in [0.2, 0.25) is 5.91 Å². The van der Waals surface area contributed by atoms with Crippen molar-refractivity contribution in [3.63, 3.8) is 0 Å². The molecule has 1 fully saturated rings. The Morgan fingerprint density at radius 2 is 1.23 bits per heavy atom. The summed E-state index contributed by atoms with van der Waals surface area (Å²) in [6.45, 7) is 3.82. The number of piperazine rings is 1. The minimum Gasteiger partial charge on any atom is -0.497 e. The zero-order valence-electron chi connectivity index (χ0n) is 17.2. The molecule has 0 aliphatic carbocycles. The lowest BCUT2D eigenvalue weighted by atomic mass is 9.90. The molecule has 1 heterocycles. The number of rotatable bonds is 6. The van der Waals surface area contributed by atoms with Crippen molar-refractivity contribution in [2.24, 2.45) is 5.73 Å². The molecule has 5 nitrogen and oxygen atoms in total. The van der Waals surface area contributed by atoms with Gasteiger partial charge < -0.3 is 20.3 Å². The van der Waals surface area contributed by atoms with E-state index in [4.69, 9.17) is 10.5 Å². The van der Waals surface area contributed by atoms with E-state index in [9.17, 15) is 4.79 Å². The third-order valence-corrected chi connectivity index (χ3v) is 5.73. The molecular weight excluding hydrogens is 374 g/mol. The van der Waals surface area contributed by atoms with Crippen LogP contribution in [0, 0.1) is 0 Å². The van der Waals surface area contributed by atoms with E-state index in [0.29, 0.717) is 0 Å². The molecule has 0 saturated carbocycles. The fraction of sp³-hybridized carbons (Fsp3) is 0.240. The molecule has 1 unspecified atom stereocenters. The highest BCUT2D eigenvalue weighted by molar-refractivity contribution is 5.85. The number of benzene rings is 3. The molecule has 3 aromatic rings. The van der Waals surface area contributed by atoms with Crippen LogP contribution in [0.25, 0.3) is 0 Å². The van der Waals surface area contributed by atoms with Gasteiger partial charge in [0.1, 0.15) is 5.75 Å². The average molecular weight is 402 g/mol. The number of nitrogens with two attached hydrogens (primary N) is 1. The predicted octanol–water partition coefficient (Wildman–Crippen LogP) is 3.64. The summed E-state index contributed by atoms with van der Waals surface area (Å²) in [5.41, 5.74) is 9.95. The first kappa shape index (κ1) is 19.8. The molecule has 2 N–H and O–H groups in total. The summed E-state index contributed by atoms with van der Waals surface area (Å²) in [4.78, 5) is 16.9. The second-order valence-corrected chi connectivity index (χ2v) is 7.51. The summed E-state index contributed by atoms with van der Waals surface area (Å²) in [5.74, 6) is 0.122. The van der Waals surface area contributed by atoms with Crippen LogP contribution < -0.4 is 20.3 Å². The van der Waals surface area contributed by atoms with Crippen LogP contribution in [0.5, 0.6) is 5.75 Å². The number of anilines is 2. The van der Waals surface area contributed by atoms with E-state index < -0.39 is 5.92 Å². The molecule has 5 heteroatoms. The molecule has 30 heavy (non-hydrogen) atoms. The maximum atomic E-state index is 12.1. The Morgan fingerprint density at radius 1 is 0.767 bits per heavy atom. The molecule has 0 radical (unpaired) electrons. The average Bonchev–Trinajstić information content (AvgIpc) is 2.80. The third-order valence-electron chi connectivity index (χ3n) is 5.73. The van der Waals surface area contributed by atoms with Gasteiger partial charge in [-0.15, -0.1) is 0 Å². The molecule has 0 spiro atoms. The Bertz CT molecular complexity index is 964. The van der Waals surface area contributed by atoms with Gasteiger partial charge in [0.15, 0.2) is 0 Å². The van der Waals surface area contributed by atoms with E-state index in [2.05, 4.69) is 34.1 Å². The van der Waals surface area contributed by atoms with Crippen molar-refractivity contribution < 1.29 is 9.53 Å². The third kappa shape index (κ3) is 4.25. The van der Waals surface area contributed by atoms with E-state index >= 15 is 0 Å². The van der Waals surface area contributed by atoms with Crippen LogP contribution in [-0.2, 0) is 4.79 Å². The van der Waals surface area contributed by atoms with Crippen LogP contribution in [0.4, 0.5) is 11.4 Å². The lowest BCUT2D eigenvalue weighted by Crippen LogP contribution is -2.46.